The Morgan fingerprint density at radius 2 is 2.19 bits per heavy atom. The first kappa shape index (κ1) is 15.6. The smallest absolute Gasteiger partial charge is 0.233 e. The Balaban J connectivity index is 2.25. The van der Waals surface area contributed by atoms with Gasteiger partial charge in [0.2, 0.25) is 5.91 Å². The molecule has 4 heteroatoms. The Bertz CT molecular complexity index is 682. The Labute approximate surface area is 129 Å². The number of benzene rings is 1. The number of pyridine rings is 1. The lowest BCUT2D eigenvalue weighted by molar-refractivity contribution is -0.120. The van der Waals surface area contributed by atoms with Gasteiger partial charge in [-0.2, -0.15) is 0 Å². The molecular weight excluding hydrogens is 280 g/mol. The number of fused-ring (bicyclic) bond motifs is 1. The van der Waals surface area contributed by atoms with E-state index in [1.54, 1.807) is 6.08 Å². The van der Waals surface area contributed by atoms with Gasteiger partial charge in [-0.1, -0.05) is 36.0 Å². The average molecular weight is 300 g/mol. The van der Waals surface area contributed by atoms with Crippen molar-refractivity contribution in [2.75, 3.05) is 6.54 Å². The number of aryl methyl sites for hydroxylation is 2. The summed E-state index contributed by atoms with van der Waals surface area (Å²) in [5, 5.41) is 4.68. The van der Waals surface area contributed by atoms with Crippen LogP contribution in [0.2, 0.25) is 0 Å². The van der Waals surface area contributed by atoms with Crippen LogP contribution in [0.5, 0.6) is 0 Å². The summed E-state index contributed by atoms with van der Waals surface area (Å²) in [6, 6.07) is 8.23. The molecule has 1 aromatic heterocycles. The summed E-state index contributed by atoms with van der Waals surface area (Å²) in [6.45, 7) is 10.1. The number of carbonyl (C=O) groups excluding carboxylic acids is 1. The van der Waals surface area contributed by atoms with Gasteiger partial charge in [-0.3, -0.25) is 4.79 Å². The molecule has 2 rings (SSSR count). The number of aromatic nitrogens is 1. The zero-order valence-electron chi connectivity index (χ0n) is 12.6. The molecule has 0 bridgehead atoms. The minimum absolute atomic E-state index is 0.00392. The van der Waals surface area contributed by atoms with Crippen LogP contribution in [0.3, 0.4) is 0 Å². The quantitative estimate of drug-likeness (QED) is 0.677. The fraction of sp³-hybridized carbons (Fsp3) is 0.294. The lowest BCUT2D eigenvalue weighted by Crippen LogP contribution is -2.30. The average Bonchev–Trinajstić information content (AvgIpc) is 2.46. The van der Waals surface area contributed by atoms with Gasteiger partial charge in [0.05, 0.1) is 15.8 Å². The third-order valence-electron chi connectivity index (χ3n) is 3.31. The zero-order chi connectivity index (χ0) is 15.4. The normalized spacial score (nSPS) is 12.1. The van der Waals surface area contributed by atoms with Crippen molar-refractivity contribution in [3.05, 3.63) is 48.0 Å². The fourth-order valence-electron chi connectivity index (χ4n) is 2.14. The molecule has 1 atom stereocenters. The molecule has 0 saturated carbocycles. The van der Waals surface area contributed by atoms with Crippen molar-refractivity contribution in [1.82, 2.24) is 10.3 Å². The molecule has 0 spiro atoms. The van der Waals surface area contributed by atoms with Gasteiger partial charge in [0.1, 0.15) is 0 Å². The van der Waals surface area contributed by atoms with E-state index in [1.807, 2.05) is 19.1 Å². The Hall–Kier alpha value is -1.81. The molecule has 0 aliphatic carbocycles. The van der Waals surface area contributed by atoms with E-state index in [-0.39, 0.29) is 11.2 Å². The first-order chi connectivity index (χ1) is 10.0. The Morgan fingerprint density at radius 1 is 1.43 bits per heavy atom. The molecule has 1 amide bonds. The lowest BCUT2D eigenvalue weighted by atomic mass is 10.1. The molecule has 0 aliphatic rings. The van der Waals surface area contributed by atoms with Crippen molar-refractivity contribution in [3.63, 3.8) is 0 Å². The van der Waals surface area contributed by atoms with Gasteiger partial charge in [-0.25, -0.2) is 4.98 Å². The fourth-order valence-corrected chi connectivity index (χ4v) is 3.08. The number of para-hydroxylation sites is 1. The largest absolute Gasteiger partial charge is 0.352 e. The number of nitrogens with one attached hydrogen (secondary N) is 1. The van der Waals surface area contributed by atoms with E-state index in [2.05, 4.69) is 37.9 Å². The highest BCUT2D eigenvalue weighted by molar-refractivity contribution is 8.00. The standard InChI is InChI=1S/C17H20N2OS/c1-5-9-18-17(20)13(4)21-15-10-12(3)14-8-6-7-11(2)16(14)19-15/h5-8,10,13H,1,9H2,2-4H3,(H,18,20)/t13-/m1/s1. The number of rotatable bonds is 5. The topological polar surface area (TPSA) is 42.0 Å². The lowest BCUT2D eigenvalue weighted by Gasteiger charge is -2.12. The van der Waals surface area contributed by atoms with Crippen LogP contribution < -0.4 is 5.32 Å². The summed E-state index contributed by atoms with van der Waals surface area (Å²) < 4.78 is 0. The predicted octanol–water partition coefficient (Wildman–Crippen LogP) is 3.63. The molecule has 3 nitrogen and oxygen atoms in total. The van der Waals surface area contributed by atoms with Crippen LogP contribution >= 0.6 is 11.8 Å². The van der Waals surface area contributed by atoms with Crippen LogP contribution in [-0.2, 0) is 4.79 Å². The van der Waals surface area contributed by atoms with Crippen molar-refractivity contribution in [2.45, 2.75) is 31.0 Å². The second kappa shape index (κ2) is 6.76. The van der Waals surface area contributed by atoms with E-state index in [0.717, 1.165) is 16.1 Å². The highest BCUT2D eigenvalue weighted by Gasteiger charge is 2.15. The number of hydrogen-bond donors (Lipinski definition) is 1. The molecule has 0 fully saturated rings. The summed E-state index contributed by atoms with van der Waals surface area (Å²) in [7, 11) is 0. The predicted molar refractivity (Wildman–Crippen MR) is 89.7 cm³/mol. The maximum atomic E-state index is 11.9. The summed E-state index contributed by atoms with van der Waals surface area (Å²) >= 11 is 1.48. The van der Waals surface area contributed by atoms with Gasteiger partial charge < -0.3 is 5.32 Å². The van der Waals surface area contributed by atoms with Crippen LogP contribution in [0, 0.1) is 13.8 Å². The van der Waals surface area contributed by atoms with Crippen molar-refractivity contribution in [2.24, 2.45) is 0 Å². The second-order valence-corrected chi connectivity index (χ2v) is 6.40. The van der Waals surface area contributed by atoms with Crippen molar-refractivity contribution >= 4 is 28.6 Å². The number of carbonyl (C=O) groups is 1. The molecule has 110 valence electrons. The van der Waals surface area contributed by atoms with Crippen LogP contribution in [0.4, 0.5) is 0 Å². The molecule has 21 heavy (non-hydrogen) atoms. The van der Waals surface area contributed by atoms with E-state index >= 15 is 0 Å². The van der Waals surface area contributed by atoms with Crippen LogP contribution in [0.25, 0.3) is 10.9 Å². The maximum absolute atomic E-state index is 11.9. The molecule has 1 aromatic carbocycles. The first-order valence-corrected chi connectivity index (χ1v) is 7.83. The minimum atomic E-state index is -0.182. The SMILES string of the molecule is C=CCNC(=O)[C@@H](C)Sc1cc(C)c2cccc(C)c2n1. The van der Waals surface area contributed by atoms with Gasteiger partial charge in [0.15, 0.2) is 0 Å². The zero-order valence-corrected chi connectivity index (χ0v) is 13.5. The Kier molecular flexibility index (Phi) is 5.02. The van der Waals surface area contributed by atoms with Crippen molar-refractivity contribution < 1.29 is 4.79 Å². The van der Waals surface area contributed by atoms with Gasteiger partial charge in [0.25, 0.3) is 0 Å². The molecule has 0 saturated heterocycles. The summed E-state index contributed by atoms with van der Waals surface area (Å²) in [6.07, 6.45) is 1.68. The summed E-state index contributed by atoms with van der Waals surface area (Å²) in [5.41, 5.74) is 3.35. The van der Waals surface area contributed by atoms with Gasteiger partial charge in [-0.15, -0.1) is 6.58 Å². The van der Waals surface area contributed by atoms with Crippen molar-refractivity contribution in [1.29, 1.82) is 0 Å². The van der Waals surface area contributed by atoms with E-state index in [0.29, 0.717) is 6.54 Å². The summed E-state index contributed by atoms with van der Waals surface area (Å²) in [5.74, 6) is 0.00392. The number of nitrogens with zero attached hydrogens (tertiary/aromatic N) is 1. The molecule has 0 radical (unpaired) electrons. The summed E-state index contributed by atoms with van der Waals surface area (Å²) in [4.78, 5) is 16.6. The first-order valence-electron chi connectivity index (χ1n) is 6.95. The Morgan fingerprint density at radius 3 is 2.90 bits per heavy atom. The minimum Gasteiger partial charge on any atom is -0.352 e. The third-order valence-corrected chi connectivity index (χ3v) is 4.33. The van der Waals surface area contributed by atoms with Crippen LogP contribution in [-0.4, -0.2) is 22.7 Å². The highest BCUT2D eigenvalue weighted by Crippen LogP contribution is 2.27. The molecular formula is C17H20N2OS. The van der Waals surface area contributed by atoms with Crippen LogP contribution in [0.1, 0.15) is 18.1 Å². The van der Waals surface area contributed by atoms with Gasteiger partial charge >= 0.3 is 0 Å². The molecule has 2 aromatic rings. The van der Waals surface area contributed by atoms with Gasteiger partial charge in [-0.05, 0) is 38.0 Å². The number of amides is 1. The molecule has 1 heterocycles. The second-order valence-electron chi connectivity index (χ2n) is 5.04. The number of hydrogen-bond acceptors (Lipinski definition) is 3. The highest BCUT2D eigenvalue weighted by atomic mass is 32.2. The van der Waals surface area contributed by atoms with E-state index in [9.17, 15) is 4.79 Å². The van der Waals surface area contributed by atoms with Crippen molar-refractivity contribution in [3.8, 4) is 0 Å². The molecule has 0 aliphatic heterocycles. The van der Waals surface area contributed by atoms with Gasteiger partial charge in [0, 0.05) is 11.9 Å². The van der Waals surface area contributed by atoms with E-state index in [4.69, 9.17) is 4.98 Å². The third kappa shape index (κ3) is 3.64. The van der Waals surface area contributed by atoms with E-state index in [1.165, 1.54) is 22.7 Å². The monoisotopic (exact) mass is 300 g/mol. The van der Waals surface area contributed by atoms with E-state index < -0.39 is 0 Å². The molecule has 0 unspecified atom stereocenters. The van der Waals surface area contributed by atoms with Crippen LogP contribution in [0.15, 0.2) is 41.9 Å². The molecule has 1 N–H and O–H groups in total. The maximum Gasteiger partial charge on any atom is 0.233 e. The number of thioether (sulfide) groups is 1.